The van der Waals surface area contributed by atoms with E-state index in [1.165, 1.54) is 37.1 Å². The smallest absolute Gasteiger partial charge is 0.315 e. The first-order valence-corrected chi connectivity index (χ1v) is 7.14. The first-order chi connectivity index (χ1) is 9.12. The minimum absolute atomic E-state index is 0. The molecule has 1 nitrogen and oxygen atoms in total. The van der Waals surface area contributed by atoms with Crippen LogP contribution in [0.25, 0.3) is 0 Å². The van der Waals surface area contributed by atoms with Gasteiger partial charge in [0.15, 0.2) is 0 Å². The average molecular weight is 274 g/mol. The van der Waals surface area contributed by atoms with Gasteiger partial charge in [-0.3, -0.25) is 0 Å². The van der Waals surface area contributed by atoms with E-state index in [9.17, 15) is 8.78 Å². The van der Waals surface area contributed by atoms with Gasteiger partial charge in [0.25, 0.3) is 0 Å². The van der Waals surface area contributed by atoms with Crippen LogP contribution in [0.2, 0.25) is 0 Å². The molecule has 4 heteroatoms. The molecule has 0 aliphatic heterocycles. The van der Waals surface area contributed by atoms with Crippen LogP contribution in [0.15, 0.2) is 24.3 Å². The quantitative estimate of drug-likeness (QED) is 0.589. The van der Waals surface area contributed by atoms with E-state index >= 15 is 0 Å². The summed E-state index contributed by atoms with van der Waals surface area (Å²) in [6.07, 6.45) is 2.40. The van der Waals surface area contributed by atoms with Crippen molar-refractivity contribution in [1.29, 1.82) is 0 Å². The molecule has 0 aromatic heterocycles. The van der Waals surface area contributed by atoms with Crippen molar-refractivity contribution in [3.8, 4) is 0 Å². The molecule has 0 atom stereocenters. The van der Waals surface area contributed by atoms with Crippen molar-refractivity contribution in [2.24, 2.45) is 5.92 Å². The van der Waals surface area contributed by atoms with Gasteiger partial charge in [-0.15, -0.1) is 0 Å². The van der Waals surface area contributed by atoms with Crippen molar-refractivity contribution >= 4 is 0 Å². The van der Waals surface area contributed by atoms with E-state index in [1.807, 2.05) is 0 Å². The van der Waals surface area contributed by atoms with E-state index in [-0.39, 0.29) is 30.5 Å². The molecular weight excluding hydrogens is 253 g/mol. The van der Waals surface area contributed by atoms with Crippen LogP contribution >= 0.6 is 0 Å². The SMILES string of the molecule is CCCC1CCC(OC(F)(F)c2cc[c-]cc2)CC1.[Li+]. The Hall–Kier alpha value is -0.363. The van der Waals surface area contributed by atoms with Crippen LogP contribution < -0.4 is 18.9 Å². The van der Waals surface area contributed by atoms with Crippen LogP contribution in [0.5, 0.6) is 0 Å². The van der Waals surface area contributed by atoms with Crippen LogP contribution in [0.4, 0.5) is 8.78 Å². The molecule has 1 fully saturated rings. The Morgan fingerprint density at radius 2 is 1.80 bits per heavy atom. The molecule has 2 rings (SSSR count). The molecule has 0 N–H and O–H groups in total. The fraction of sp³-hybridized carbons (Fsp3) is 0.625. The summed E-state index contributed by atoms with van der Waals surface area (Å²) in [6, 6.07) is 8.45. The minimum Gasteiger partial charge on any atom is -0.315 e. The number of hydrogen-bond donors (Lipinski definition) is 0. The Morgan fingerprint density at radius 3 is 2.35 bits per heavy atom. The fourth-order valence-electron chi connectivity index (χ4n) is 2.80. The van der Waals surface area contributed by atoms with Gasteiger partial charge >= 0.3 is 25.0 Å². The average Bonchev–Trinajstić information content (AvgIpc) is 2.42. The largest absolute Gasteiger partial charge is 1.00 e. The number of benzene rings is 1. The van der Waals surface area contributed by atoms with Crippen molar-refractivity contribution in [3.63, 3.8) is 0 Å². The van der Waals surface area contributed by atoms with Gasteiger partial charge in [-0.2, -0.15) is 39.1 Å². The minimum atomic E-state index is -3.18. The summed E-state index contributed by atoms with van der Waals surface area (Å²) >= 11 is 0. The second-order valence-electron chi connectivity index (χ2n) is 5.35. The van der Waals surface area contributed by atoms with E-state index in [0.29, 0.717) is 5.92 Å². The van der Waals surface area contributed by atoms with E-state index in [2.05, 4.69) is 13.0 Å². The van der Waals surface area contributed by atoms with E-state index < -0.39 is 6.11 Å². The molecule has 0 spiro atoms. The molecule has 0 bridgehead atoms. The molecule has 1 aliphatic carbocycles. The van der Waals surface area contributed by atoms with Gasteiger partial charge in [0.2, 0.25) is 0 Å². The van der Waals surface area contributed by atoms with Crippen LogP contribution in [-0.2, 0) is 10.8 Å². The van der Waals surface area contributed by atoms with E-state index in [4.69, 9.17) is 4.74 Å². The van der Waals surface area contributed by atoms with Gasteiger partial charge in [-0.05, 0) is 31.6 Å². The van der Waals surface area contributed by atoms with E-state index in [1.54, 1.807) is 0 Å². The fourth-order valence-corrected chi connectivity index (χ4v) is 2.80. The monoisotopic (exact) mass is 274 g/mol. The summed E-state index contributed by atoms with van der Waals surface area (Å²) in [4.78, 5) is 0. The van der Waals surface area contributed by atoms with E-state index in [0.717, 1.165) is 25.7 Å². The standard InChI is InChI=1S/C16H21F2O.Li/c1-2-6-13-9-11-15(12-10-13)19-16(17,18)14-7-4-3-5-8-14;/h4-5,7-8,13,15H,2,6,9-12H2,1H3;/q-1;+1. The van der Waals surface area contributed by atoms with Gasteiger partial charge in [-0.1, -0.05) is 25.3 Å². The second-order valence-corrected chi connectivity index (χ2v) is 5.35. The molecule has 1 aliphatic rings. The molecule has 0 unspecified atom stereocenters. The van der Waals surface area contributed by atoms with Crippen molar-refractivity contribution in [2.45, 2.75) is 57.7 Å². The maximum absolute atomic E-state index is 13.9. The van der Waals surface area contributed by atoms with Crippen molar-refractivity contribution < 1.29 is 32.4 Å². The summed E-state index contributed by atoms with van der Waals surface area (Å²) in [6.45, 7) is 2.17. The van der Waals surface area contributed by atoms with Gasteiger partial charge < -0.3 is 4.74 Å². The summed E-state index contributed by atoms with van der Waals surface area (Å²) in [7, 11) is 0. The zero-order chi connectivity index (χ0) is 13.7. The topological polar surface area (TPSA) is 9.23 Å². The zero-order valence-corrected chi connectivity index (χ0v) is 12.4. The maximum atomic E-state index is 13.9. The summed E-state index contributed by atoms with van der Waals surface area (Å²) < 4.78 is 32.9. The van der Waals surface area contributed by atoms with Crippen molar-refractivity contribution in [2.75, 3.05) is 0 Å². The molecule has 0 heterocycles. The predicted octanol–water partition coefficient (Wildman–Crippen LogP) is 1.92. The Morgan fingerprint density at radius 1 is 1.20 bits per heavy atom. The van der Waals surface area contributed by atoms with Crippen molar-refractivity contribution in [1.82, 2.24) is 0 Å². The van der Waals surface area contributed by atoms with Gasteiger partial charge in [-0.25, -0.2) is 0 Å². The first-order valence-electron chi connectivity index (χ1n) is 7.14. The molecule has 0 saturated heterocycles. The molecule has 20 heavy (non-hydrogen) atoms. The van der Waals surface area contributed by atoms with Crippen LogP contribution in [-0.4, -0.2) is 6.10 Å². The maximum Gasteiger partial charge on any atom is 1.00 e. The Balaban J connectivity index is 0.00000200. The number of halogens is 2. The van der Waals surface area contributed by atoms with Crippen molar-refractivity contribution in [3.05, 3.63) is 35.9 Å². The molecule has 106 valence electrons. The predicted molar refractivity (Wildman–Crippen MR) is 70.9 cm³/mol. The summed E-state index contributed by atoms with van der Waals surface area (Å²) in [5.41, 5.74) is -0.0815. The second kappa shape index (κ2) is 8.17. The Kier molecular flexibility index (Phi) is 7.23. The number of alkyl halides is 2. The normalized spacial score (nSPS) is 23.1. The van der Waals surface area contributed by atoms with Crippen LogP contribution in [0.1, 0.15) is 51.0 Å². The zero-order valence-electron chi connectivity index (χ0n) is 12.4. The van der Waals surface area contributed by atoms with Gasteiger partial charge in [0, 0.05) is 0 Å². The van der Waals surface area contributed by atoms with Crippen LogP contribution in [0.3, 0.4) is 0 Å². The molecule has 1 aromatic rings. The molecule has 0 radical (unpaired) electrons. The Labute approximate surface area is 132 Å². The number of hydrogen-bond acceptors (Lipinski definition) is 1. The van der Waals surface area contributed by atoms with Gasteiger partial charge in [0.05, 0.1) is 6.10 Å². The van der Waals surface area contributed by atoms with Gasteiger partial charge in [0.1, 0.15) is 0 Å². The summed E-state index contributed by atoms with van der Waals surface area (Å²) in [5, 5.41) is 0. The summed E-state index contributed by atoms with van der Waals surface area (Å²) in [5.74, 6) is 0.699. The number of ether oxygens (including phenoxy) is 1. The third-order valence-corrected chi connectivity index (χ3v) is 3.86. The molecule has 1 aromatic carbocycles. The van der Waals surface area contributed by atoms with Crippen LogP contribution in [0, 0.1) is 12.0 Å². The third-order valence-electron chi connectivity index (χ3n) is 3.86. The number of rotatable bonds is 5. The third kappa shape index (κ3) is 4.88. The molecule has 0 amide bonds. The molecular formula is C16H21F2LiO. The molecule has 1 saturated carbocycles. The first kappa shape index (κ1) is 17.7. The Bertz CT molecular complexity index is 375.